The summed E-state index contributed by atoms with van der Waals surface area (Å²) >= 11 is 0. The van der Waals surface area contributed by atoms with Crippen LogP contribution in [0.3, 0.4) is 0 Å². The highest BCUT2D eigenvalue weighted by Crippen LogP contribution is 2.43. The van der Waals surface area contributed by atoms with E-state index in [-0.39, 0.29) is 56.1 Å². The first-order valence-electron chi connectivity index (χ1n) is 11.0. The Balaban J connectivity index is 1.13. The highest BCUT2D eigenvalue weighted by molar-refractivity contribution is 5.77. The maximum atomic E-state index is 12.5. The molecule has 0 atom stereocenters. The topological polar surface area (TPSA) is 86.5 Å². The number of hydrogen-bond donors (Lipinski definition) is 1. The monoisotopic (exact) mass is 485 g/mol. The van der Waals surface area contributed by atoms with Crippen LogP contribution in [0.25, 0.3) is 0 Å². The maximum Gasteiger partial charge on any atom is 0.522 e. The van der Waals surface area contributed by atoms with Crippen molar-refractivity contribution in [3.05, 3.63) is 11.8 Å². The molecule has 0 radical (unpaired) electrons. The Bertz CT molecular complexity index is 809. The molecule has 1 aromatic rings. The Kier molecular flexibility index (Phi) is 6.90. The molecule has 1 heterocycles. The second-order valence-electron chi connectivity index (χ2n) is 9.09. The lowest BCUT2D eigenvalue weighted by atomic mass is 9.82. The van der Waals surface area contributed by atoms with Gasteiger partial charge in [-0.2, -0.15) is 13.2 Å². The highest BCUT2D eigenvalue weighted by Gasteiger charge is 2.48. The van der Waals surface area contributed by atoms with Crippen molar-refractivity contribution in [3.63, 3.8) is 0 Å². The number of nitrogens with zero attached hydrogens (tertiary/aromatic N) is 2. The van der Waals surface area contributed by atoms with Crippen molar-refractivity contribution >= 4 is 5.91 Å². The van der Waals surface area contributed by atoms with Gasteiger partial charge in [0.2, 0.25) is 17.7 Å². The molecule has 13 heteroatoms. The van der Waals surface area contributed by atoms with Crippen LogP contribution in [0.5, 0.6) is 0 Å². The minimum Gasteiger partial charge on any atom is -0.425 e. The first-order chi connectivity index (χ1) is 15.5. The molecule has 1 aromatic heterocycles. The van der Waals surface area contributed by atoms with Gasteiger partial charge in [-0.25, -0.2) is 0 Å². The van der Waals surface area contributed by atoms with E-state index in [4.69, 9.17) is 9.15 Å². The maximum absolute atomic E-state index is 12.5. The summed E-state index contributed by atoms with van der Waals surface area (Å²) in [6.45, 7) is -0.261. The second kappa shape index (κ2) is 9.40. The summed E-state index contributed by atoms with van der Waals surface area (Å²) in [4.78, 5) is 12.0. The summed E-state index contributed by atoms with van der Waals surface area (Å²) in [5, 5.41) is 10.9. The number of amides is 1. The van der Waals surface area contributed by atoms with Gasteiger partial charge in [0.25, 0.3) is 0 Å². The first-order valence-corrected chi connectivity index (χ1v) is 11.0. The molecule has 0 unspecified atom stereocenters. The SMILES string of the molecule is O=C(CO[C@H]1C[C@@H](C(F)(F)F)C1)N[C@H]1CC[C@H](c2nnc([C@H]3C[C@H](OC(F)(F)F)C3)o2)CC1. The number of hydrogen-bond acceptors (Lipinski definition) is 6. The van der Waals surface area contributed by atoms with Gasteiger partial charge in [-0.3, -0.25) is 9.53 Å². The summed E-state index contributed by atoms with van der Waals surface area (Å²) < 4.78 is 89.0. The molecule has 4 rings (SSSR count). The number of carbonyl (C=O) groups excluding carboxylic acids is 1. The zero-order valence-corrected chi connectivity index (χ0v) is 17.6. The van der Waals surface area contributed by atoms with E-state index in [2.05, 4.69) is 20.3 Å². The molecule has 0 aromatic carbocycles. The Labute approximate surface area is 185 Å². The molecule has 0 spiro atoms. The number of halogens is 6. The van der Waals surface area contributed by atoms with Gasteiger partial charge in [0.1, 0.15) is 6.61 Å². The number of carbonyl (C=O) groups is 1. The summed E-state index contributed by atoms with van der Waals surface area (Å²) in [5.41, 5.74) is 0. The van der Waals surface area contributed by atoms with Gasteiger partial charge in [0.15, 0.2) is 0 Å². The van der Waals surface area contributed by atoms with Gasteiger partial charge >= 0.3 is 12.5 Å². The summed E-state index contributed by atoms with van der Waals surface area (Å²) in [7, 11) is 0. The lowest BCUT2D eigenvalue weighted by Gasteiger charge is -2.36. The number of aromatic nitrogens is 2. The van der Waals surface area contributed by atoms with E-state index < -0.39 is 30.7 Å². The Morgan fingerprint density at radius 2 is 1.52 bits per heavy atom. The van der Waals surface area contributed by atoms with Crippen molar-refractivity contribution in [1.29, 1.82) is 0 Å². The quantitative estimate of drug-likeness (QED) is 0.578. The van der Waals surface area contributed by atoms with E-state index >= 15 is 0 Å². The molecule has 0 aliphatic heterocycles. The number of ether oxygens (including phenoxy) is 2. The van der Waals surface area contributed by atoms with Crippen LogP contribution in [0.1, 0.15) is 75.0 Å². The fraction of sp³-hybridized carbons (Fsp3) is 0.850. The largest absolute Gasteiger partial charge is 0.522 e. The molecule has 7 nitrogen and oxygen atoms in total. The van der Waals surface area contributed by atoms with Crippen LogP contribution in [0, 0.1) is 5.92 Å². The minimum atomic E-state index is -4.65. The number of alkyl halides is 6. The predicted octanol–water partition coefficient (Wildman–Crippen LogP) is 4.35. The predicted molar refractivity (Wildman–Crippen MR) is 98.9 cm³/mol. The summed E-state index contributed by atoms with van der Waals surface area (Å²) in [6, 6.07) is -0.0732. The zero-order chi connectivity index (χ0) is 23.8. The molecular formula is C20H25F6N3O4. The molecule has 1 N–H and O–H groups in total. The van der Waals surface area contributed by atoms with Crippen molar-refractivity contribution in [2.45, 2.75) is 94.0 Å². The Morgan fingerprint density at radius 3 is 2.09 bits per heavy atom. The number of nitrogens with one attached hydrogen (secondary N) is 1. The fourth-order valence-corrected chi connectivity index (χ4v) is 4.55. The molecule has 186 valence electrons. The average molecular weight is 485 g/mol. The lowest BCUT2D eigenvalue weighted by Crippen LogP contribution is -2.44. The van der Waals surface area contributed by atoms with Crippen LogP contribution in [0.4, 0.5) is 26.3 Å². The summed E-state index contributed by atoms with van der Waals surface area (Å²) in [6.07, 6.45) is -7.42. The van der Waals surface area contributed by atoms with Crippen LogP contribution in [-0.4, -0.2) is 53.5 Å². The van der Waals surface area contributed by atoms with E-state index in [1.54, 1.807) is 0 Å². The normalized spacial score (nSPS) is 32.7. The third-order valence-corrected chi connectivity index (χ3v) is 6.65. The van der Waals surface area contributed by atoms with E-state index in [9.17, 15) is 31.1 Å². The van der Waals surface area contributed by atoms with Gasteiger partial charge in [-0.05, 0) is 51.4 Å². The number of rotatable bonds is 7. The van der Waals surface area contributed by atoms with Crippen molar-refractivity contribution in [2.24, 2.45) is 5.92 Å². The minimum absolute atomic E-state index is 0.00669. The first kappa shape index (κ1) is 24.2. The van der Waals surface area contributed by atoms with Crippen LogP contribution in [-0.2, 0) is 14.3 Å². The average Bonchev–Trinajstić information content (AvgIpc) is 3.11. The third-order valence-electron chi connectivity index (χ3n) is 6.65. The fourth-order valence-electron chi connectivity index (χ4n) is 4.55. The van der Waals surface area contributed by atoms with Gasteiger partial charge < -0.3 is 14.5 Å². The second-order valence-corrected chi connectivity index (χ2v) is 9.09. The van der Waals surface area contributed by atoms with Crippen molar-refractivity contribution in [2.75, 3.05) is 6.61 Å². The zero-order valence-electron chi connectivity index (χ0n) is 17.6. The van der Waals surface area contributed by atoms with E-state index in [0.717, 1.165) is 0 Å². The molecule has 33 heavy (non-hydrogen) atoms. The van der Waals surface area contributed by atoms with E-state index in [0.29, 0.717) is 37.5 Å². The van der Waals surface area contributed by atoms with Crippen molar-refractivity contribution in [3.8, 4) is 0 Å². The molecule has 3 fully saturated rings. The molecule has 0 saturated heterocycles. The lowest BCUT2D eigenvalue weighted by molar-refractivity contribution is -0.352. The molecule has 3 aliphatic rings. The van der Waals surface area contributed by atoms with Crippen LogP contribution < -0.4 is 5.32 Å². The Hall–Kier alpha value is -1.89. The van der Waals surface area contributed by atoms with Crippen LogP contribution in [0.15, 0.2) is 4.42 Å². The van der Waals surface area contributed by atoms with E-state index in [1.807, 2.05) is 0 Å². The van der Waals surface area contributed by atoms with Crippen LogP contribution in [0.2, 0.25) is 0 Å². The van der Waals surface area contributed by atoms with Crippen LogP contribution >= 0.6 is 0 Å². The molecular weight excluding hydrogens is 460 g/mol. The molecule has 3 saturated carbocycles. The van der Waals surface area contributed by atoms with Gasteiger partial charge in [-0.15, -0.1) is 23.4 Å². The smallest absolute Gasteiger partial charge is 0.425 e. The standard InChI is InChI=1S/C20H25F6N3O4/c21-19(22,23)12-7-14(8-12)31-9-16(30)27-13-3-1-10(2-4-13)17-28-29-18(32-17)11-5-15(6-11)33-20(24,25)26/h10-15H,1-9H2,(H,27,30)/t10-,11-,12-,13-,14+,15-. The van der Waals surface area contributed by atoms with E-state index in [1.165, 1.54) is 0 Å². The Morgan fingerprint density at radius 1 is 0.909 bits per heavy atom. The van der Waals surface area contributed by atoms with Gasteiger partial charge in [0, 0.05) is 17.9 Å². The molecule has 0 bridgehead atoms. The molecule has 1 amide bonds. The molecule has 3 aliphatic carbocycles. The van der Waals surface area contributed by atoms with Gasteiger partial charge in [0.05, 0.1) is 18.1 Å². The van der Waals surface area contributed by atoms with Crippen molar-refractivity contribution < 1.29 is 45.0 Å². The van der Waals surface area contributed by atoms with Crippen molar-refractivity contribution in [1.82, 2.24) is 15.5 Å². The summed E-state index contributed by atoms with van der Waals surface area (Å²) in [5.74, 6) is -1.16. The third kappa shape index (κ3) is 6.37. The highest BCUT2D eigenvalue weighted by atomic mass is 19.4. The van der Waals surface area contributed by atoms with Gasteiger partial charge in [-0.1, -0.05) is 0 Å².